The number of aliphatic hydroxyl groups excluding tert-OH is 2. The van der Waals surface area contributed by atoms with Crippen molar-refractivity contribution in [1.29, 1.82) is 0 Å². The van der Waals surface area contributed by atoms with Gasteiger partial charge in [0.1, 0.15) is 18.3 Å². The molecule has 6 atom stereocenters. The Morgan fingerprint density at radius 2 is 1.77 bits per heavy atom. The summed E-state index contributed by atoms with van der Waals surface area (Å²) in [5, 5.41) is 20.0. The molecule has 0 spiro atoms. The molecule has 1 fully saturated rings. The van der Waals surface area contributed by atoms with E-state index in [-0.39, 0.29) is 4.47 Å². The molecule has 1 aliphatic heterocycles. The number of phosphoric ester groups is 1. The predicted octanol–water partition coefficient (Wildman–Crippen LogP) is -3.63. The molecule has 17 nitrogen and oxygen atoms in total. The molecule has 21 heteroatoms. The van der Waals surface area contributed by atoms with Gasteiger partial charge in [-0.05, 0) is 15.9 Å². The van der Waals surface area contributed by atoms with Crippen LogP contribution in [-0.4, -0.2) is 49.6 Å². The van der Waals surface area contributed by atoms with Gasteiger partial charge < -0.3 is 39.1 Å². The minimum atomic E-state index is -6.13. The number of phosphoric acid groups is 3. The Kier molecular flexibility index (Phi) is 7.83. The number of halogens is 1. The highest BCUT2D eigenvalue weighted by atomic mass is 79.9. The Morgan fingerprint density at radius 1 is 1.17 bits per heavy atom. The molecule has 1 saturated heterocycles. The van der Waals surface area contributed by atoms with Crippen LogP contribution >= 0.6 is 39.4 Å². The van der Waals surface area contributed by atoms with Crippen LogP contribution in [0.15, 0.2) is 20.3 Å². The summed E-state index contributed by atoms with van der Waals surface area (Å²) in [7, 11) is -17.9. The summed E-state index contributed by atoms with van der Waals surface area (Å²) in [5.41, 5.74) is -1.84. The number of rotatable bonds is 8. The molecule has 0 bridgehead atoms. The van der Waals surface area contributed by atoms with E-state index in [4.69, 9.17) is 4.74 Å². The number of aliphatic hydroxyl groups is 2. The second-order valence-electron chi connectivity index (χ2n) is 5.51. The minimum absolute atomic E-state index is 0.138. The smallest absolute Gasteiger partial charge is 0.478 e. The fraction of sp³-hybridized carbons (Fsp3) is 0.556. The summed E-state index contributed by atoms with van der Waals surface area (Å²) in [6, 6.07) is 0. The van der Waals surface area contributed by atoms with Gasteiger partial charge in [-0.1, -0.05) is 0 Å². The second-order valence-corrected chi connectivity index (χ2v) is 10.7. The van der Waals surface area contributed by atoms with Crippen LogP contribution in [0.3, 0.4) is 0 Å². The van der Waals surface area contributed by atoms with E-state index < -0.39 is 65.9 Å². The van der Waals surface area contributed by atoms with Crippen molar-refractivity contribution in [2.45, 2.75) is 24.5 Å². The van der Waals surface area contributed by atoms with E-state index in [1.165, 1.54) is 0 Å². The van der Waals surface area contributed by atoms with Crippen LogP contribution in [0.1, 0.15) is 6.23 Å². The fourth-order valence-corrected chi connectivity index (χ4v) is 5.42. The van der Waals surface area contributed by atoms with Crippen LogP contribution in [0.5, 0.6) is 0 Å². The Labute approximate surface area is 173 Å². The molecule has 1 aromatic heterocycles. The van der Waals surface area contributed by atoms with Gasteiger partial charge in [-0.2, -0.15) is 0 Å². The number of aromatic nitrogens is 2. The van der Waals surface area contributed by atoms with Gasteiger partial charge in [0.15, 0.2) is 6.23 Å². The van der Waals surface area contributed by atoms with Crippen molar-refractivity contribution in [3.63, 3.8) is 0 Å². The average Bonchev–Trinajstić information content (AvgIpc) is 2.81. The van der Waals surface area contributed by atoms with Gasteiger partial charge in [0, 0.05) is 6.20 Å². The lowest BCUT2D eigenvalue weighted by atomic mass is 10.1. The molecule has 2 heterocycles. The summed E-state index contributed by atoms with van der Waals surface area (Å²) in [5.74, 6) is 0. The van der Waals surface area contributed by atoms with Gasteiger partial charge in [-0.15, -0.1) is 0 Å². The zero-order chi connectivity index (χ0) is 23.1. The third-order valence-corrected chi connectivity index (χ3v) is 7.61. The van der Waals surface area contributed by atoms with E-state index in [0.29, 0.717) is 4.57 Å². The molecule has 172 valence electrons. The molecular formula is C9H11BrN2O15P3-3. The number of nitrogens with zero attached hydrogens (tertiary/aromatic N) is 1. The maximum Gasteiger partial charge on any atom is 0.478 e. The lowest BCUT2D eigenvalue weighted by Gasteiger charge is -2.35. The van der Waals surface area contributed by atoms with Gasteiger partial charge in [0.2, 0.25) is 0 Å². The standard InChI is InChI=1S/C9H14BrN2O15P3/c10-3-1-12(9(16)11-7(3)15)8-6(14)5(13)4(25-8)2-24-29(20,21)27-30(22,23)26-28(17,18)19/h1,4-6,8,13-14H,2H2,(H,20,21)(H,22,23)(H,11,15,16)(H2,17,18,19)/p-3. The lowest BCUT2D eigenvalue weighted by molar-refractivity contribution is -0.339. The summed E-state index contributed by atoms with van der Waals surface area (Å²) in [4.78, 5) is 66.1. The first-order chi connectivity index (χ1) is 13.5. The van der Waals surface area contributed by atoms with Crippen molar-refractivity contribution < 1.29 is 61.4 Å². The van der Waals surface area contributed by atoms with Crippen LogP contribution in [0.4, 0.5) is 0 Å². The third kappa shape index (κ3) is 6.72. The van der Waals surface area contributed by atoms with Gasteiger partial charge in [0.05, 0.1) is 18.9 Å². The maximum absolute atomic E-state index is 11.9. The van der Waals surface area contributed by atoms with E-state index in [2.05, 4.69) is 29.1 Å². The van der Waals surface area contributed by atoms with Crippen molar-refractivity contribution >= 4 is 39.4 Å². The normalized spacial score (nSPS) is 28.8. The highest BCUT2D eigenvalue weighted by Crippen LogP contribution is 2.62. The van der Waals surface area contributed by atoms with Crippen molar-refractivity contribution in [3.05, 3.63) is 31.5 Å². The molecule has 30 heavy (non-hydrogen) atoms. The quantitative estimate of drug-likeness (QED) is 0.223. The SMILES string of the molecule is O=c1[nH]c(=O)n(C2OC(COP(=O)(O)OP(=O)([O-])OP(=O)([O-])[O-])C(O)C2O)cc1Br. The lowest BCUT2D eigenvalue weighted by Crippen LogP contribution is -2.38. The van der Waals surface area contributed by atoms with E-state index in [0.717, 1.165) is 6.20 Å². The van der Waals surface area contributed by atoms with Gasteiger partial charge in [-0.3, -0.25) is 27.7 Å². The van der Waals surface area contributed by atoms with Crippen LogP contribution in [0.2, 0.25) is 0 Å². The molecule has 0 aliphatic carbocycles. The summed E-state index contributed by atoms with van der Waals surface area (Å²) in [6.45, 7) is -1.12. The van der Waals surface area contributed by atoms with Crippen LogP contribution < -0.4 is 25.9 Å². The number of ether oxygens (including phenoxy) is 1. The molecule has 0 radical (unpaired) electrons. The number of aromatic amines is 1. The highest BCUT2D eigenvalue weighted by molar-refractivity contribution is 9.10. The first-order valence-electron chi connectivity index (χ1n) is 7.27. The molecule has 6 unspecified atom stereocenters. The first-order valence-corrected chi connectivity index (χ1v) is 12.5. The molecular weight excluding hydrogens is 549 g/mol. The zero-order valence-corrected chi connectivity index (χ0v) is 18.3. The fourth-order valence-electron chi connectivity index (χ4n) is 2.20. The van der Waals surface area contributed by atoms with Crippen molar-refractivity contribution in [1.82, 2.24) is 9.55 Å². The van der Waals surface area contributed by atoms with E-state index in [9.17, 15) is 53.1 Å². The molecule has 2 rings (SSSR count). The molecule has 0 aromatic carbocycles. The molecule has 0 saturated carbocycles. The van der Waals surface area contributed by atoms with Gasteiger partial charge in [-0.25, -0.2) is 13.7 Å². The number of nitrogens with one attached hydrogen (secondary N) is 1. The van der Waals surface area contributed by atoms with E-state index in [1.54, 1.807) is 0 Å². The summed E-state index contributed by atoms with van der Waals surface area (Å²) in [6.07, 6.45) is -5.96. The number of hydrogen-bond donors (Lipinski definition) is 4. The number of H-pyrrole nitrogens is 1. The molecule has 1 aromatic rings. The van der Waals surface area contributed by atoms with E-state index in [1.807, 2.05) is 4.98 Å². The Bertz CT molecular complexity index is 1050. The van der Waals surface area contributed by atoms with Gasteiger partial charge >= 0.3 is 13.5 Å². The molecule has 0 amide bonds. The van der Waals surface area contributed by atoms with Crippen LogP contribution in [-0.2, 0) is 31.6 Å². The summed E-state index contributed by atoms with van der Waals surface area (Å²) >= 11 is 2.84. The second kappa shape index (κ2) is 9.13. The minimum Gasteiger partial charge on any atom is -0.790 e. The van der Waals surface area contributed by atoms with Crippen LogP contribution in [0, 0.1) is 0 Å². The van der Waals surface area contributed by atoms with Crippen LogP contribution in [0.25, 0.3) is 0 Å². The van der Waals surface area contributed by atoms with Crippen molar-refractivity contribution in [3.8, 4) is 0 Å². The Balaban J connectivity index is 2.09. The monoisotopic (exact) mass is 559 g/mol. The largest absolute Gasteiger partial charge is 0.790 e. The zero-order valence-electron chi connectivity index (χ0n) is 14.0. The average molecular weight is 560 g/mol. The highest BCUT2D eigenvalue weighted by Gasteiger charge is 2.45. The number of hydrogen-bond acceptors (Lipinski definition) is 14. The molecule has 1 aliphatic rings. The Hall–Kier alpha value is -0.550. The van der Waals surface area contributed by atoms with E-state index >= 15 is 0 Å². The topological polar surface area (TPSA) is 273 Å². The first kappa shape index (κ1) is 25.7. The third-order valence-electron chi connectivity index (χ3n) is 3.34. The van der Waals surface area contributed by atoms with Crippen molar-refractivity contribution in [2.75, 3.05) is 6.61 Å². The molecule has 4 N–H and O–H groups in total. The van der Waals surface area contributed by atoms with Crippen molar-refractivity contribution in [2.24, 2.45) is 0 Å². The predicted molar refractivity (Wildman–Crippen MR) is 88.1 cm³/mol. The summed E-state index contributed by atoms with van der Waals surface area (Å²) < 4.78 is 49.4. The Morgan fingerprint density at radius 3 is 2.33 bits per heavy atom. The maximum atomic E-state index is 11.9. The van der Waals surface area contributed by atoms with Gasteiger partial charge in [0.25, 0.3) is 13.4 Å².